The van der Waals surface area contributed by atoms with Gasteiger partial charge in [-0.2, -0.15) is 0 Å². The van der Waals surface area contributed by atoms with Gasteiger partial charge in [-0.15, -0.1) is 10.2 Å². The van der Waals surface area contributed by atoms with Crippen LogP contribution in [0.25, 0.3) is 17.1 Å². The molecule has 1 N–H and O–H groups in total. The Bertz CT molecular complexity index is 1300. The molecule has 4 rings (SSSR count). The number of carbonyl (C=O) groups excluding carboxylic acids is 1. The van der Waals surface area contributed by atoms with E-state index in [0.29, 0.717) is 27.6 Å². The van der Waals surface area contributed by atoms with E-state index >= 15 is 0 Å². The number of amides is 1. The summed E-state index contributed by atoms with van der Waals surface area (Å²) in [5.41, 5.74) is 5.17. The van der Waals surface area contributed by atoms with Crippen molar-refractivity contribution < 1.29 is 4.79 Å². The van der Waals surface area contributed by atoms with E-state index in [1.807, 2.05) is 41.0 Å². The summed E-state index contributed by atoms with van der Waals surface area (Å²) >= 11 is 14.1. The Balaban J connectivity index is 1.69. The van der Waals surface area contributed by atoms with Gasteiger partial charge in [-0.3, -0.25) is 9.36 Å². The predicted molar refractivity (Wildman–Crippen MR) is 145 cm³/mol. The fourth-order valence-electron chi connectivity index (χ4n) is 3.89. The molecule has 1 aromatic heterocycles. The Hall–Kier alpha value is -2.80. The number of carbonyl (C=O) groups is 1. The third-order valence-electron chi connectivity index (χ3n) is 5.66. The molecule has 0 fully saturated rings. The van der Waals surface area contributed by atoms with E-state index in [9.17, 15) is 4.79 Å². The number of halogens is 2. The smallest absolute Gasteiger partial charge is 0.230 e. The van der Waals surface area contributed by atoms with Gasteiger partial charge in [0.2, 0.25) is 5.91 Å². The predicted octanol–water partition coefficient (Wildman–Crippen LogP) is 6.77. The summed E-state index contributed by atoms with van der Waals surface area (Å²) in [5, 5.41) is 13.6. The molecule has 0 bridgehead atoms. The molecule has 1 amide bonds. The number of aromatic nitrogens is 3. The second-order valence-corrected chi connectivity index (χ2v) is 9.73. The van der Waals surface area contributed by atoms with Crippen LogP contribution in [0, 0.1) is 0 Å². The summed E-state index contributed by atoms with van der Waals surface area (Å²) in [7, 11) is 0. The van der Waals surface area contributed by atoms with Crippen LogP contribution in [0.1, 0.15) is 30.5 Å². The van der Waals surface area contributed by atoms with Crippen molar-refractivity contribution in [1.29, 1.82) is 0 Å². The van der Waals surface area contributed by atoms with E-state index in [0.717, 1.165) is 29.7 Å². The lowest BCUT2D eigenvalue weighted by molar-refractivity contribution is -0.118. The SMILES string of the molecule is CCc1cccc(CC)c1-n1c(SCC(=O)NCc2ccccc2)nnc1-c1ccc(Cl)cc1Cl. The Kier molecular flexibility index (Phi) is 8.50. The van der Waals surface area contributed by atoms with E-state index in [4.69, 9.17) is 23.2 Å². The summed E-state index contributed by atoms with van der Waals surface area (Å²) in [6, 6.07) is 21.5. The zero-order chi connectivity index (χ0) is 24.8. The highest BCUT2D eigenvalue weighted by atomic mass is 35.5. The van der Waals surface area contributed by atoms with Crippen LogP contribution in [-0.4, -0.2) is 26.4 Å². The molecule has 8 heteroatoms. The Labute approximate surface area is 219 Å². The van der Waals surface area contributed by atoms with Crippen LogP contribution in [0.15, 0.2) is 71.9 Å². The monoisotopic (exact) mass is 524 g/mol. The van der Waals surface area contributed by atoms with Gasteiger partial charge in [0.1, 0.15) is 0 Å². The quantitative estimate of drug-likeness (QED) is 0.245. The lowest BCUT2D eigenvalue weighted by atomic mass is 10.0. The standard InChI is InChI=1S/C27H26Cl2N4OS/c1-3-19-11-8-12-20(4-2)25(19)33-26(22-14-13-21(28)15-23(22)29)31-32-27(33)35-17-24(34)30-16-18-9-6-5-7-10-18/h5-15H,3-4,16-17H2,1-2H3,(H,30,34). The van der Waals surface area contributed by atoms with Crippen molar-refractivity contribution in [2.24, 2.45) is 0 Å². The third-order valence-corrected chi connectivity index (χ3v) is 7.14. The van der Waals surface area contributed by atoms with Crippen molar-refractivity contribution in [3.63, 3.8) is 0 Å². The molecule has 3 aromatic carbocycles. The van der Waals surface area contributed by atoms with Crippen molar-refractivity contribution in [2.75, 3.05) is 5.75 Å². The highest BCUT2D eigenvalue weighted by molar-refractivity contribution is 7.99. The number of para-hydroxylation sites is 1. The van der Waals surface area contributed by atoms with Crippen LogP contribution in [0.4, 0.5) is 0 Å². The van der Waals surface area contributed by atoms with E-state index < -0.39 is 0 Å². The maximum atomic E-state index is 12.6. The lowest BCUT2D eigenvalue weighted by Gasteiger charge is -2.18. The molecule has 5 nitrogen and oxygen atoms in total. The van der Waals surface area contributed by atoms with Crippen molar-refractivity contribution >= 4 is 40.9 Å². The summed E-state index contributed by atoms with van der Waals surface area (Å²) in [5.74, 6) is 0.767. The van der Waals surface area contributed by atoms with E-state index in [2.05, 4.69) is 47.6 Å². The van der Waals surface area contributed by atoms with E-state index in [1.54, 1.807) is 12.1 Å². The average Bonchev–Trinajstić information content (AvgIpc) is 3.29. The first-order valence-corrected chi connectivity index (χ1v) is 13.2. The van der Waals surface area contributed by atoms with Crippen LogP contribution < -0.4 is 5.32 Å². The minimum atomic E-state index is -0.0704. The molecule has 0 saturated carbocycles. The van der Waals surface area contributed by atoms with Crippen molar-refractivity contribution in [3.05, 3.63) is 93.5 Å². The zero-order valence-corrected chi connectivity index (χ0v) is 21.9. The summed E-state index contributed by atoms with van der Waals surface area (Å²) in [4.78, 5) is 12.6. The normalized spacial score (nSPS) is 11.0. The molecule has 0 atom stereocenters. The fraction of sp³-hybridized carbons (Fsp3) is 0.222. The Morgan fingerprint density at radius 1 is 0.943 bits per heavy atom. The summed E-state index contributed by atoms with van der Waals surface area (Å²) in [6.07, 6.45) is 1.69. The molecule has 35 heavy (non-hydrogen) atoms. The zero-order valence-electron chi connectivity index (χ0n) is 19.6. The lowest BCUT2D eigenvalue weighted by Crippen LogP contribution is -2.24. The highest BCUT2D eigenvalue weighted by Gasteiger charge is 2.22. The molecule has 0 spiro atoms. The van der Waals surface area contributed by atoms with Crippen LogP contribution >= 0.6 is 35.0 Å². The molecule has 0 unspecified atom stereocenters. The Morgan fingerprint density at radius 3 is 2.31 bits per heavy atom. The maximum absolute atomic E-state index is 12.6. The molecule has 1 heterocycles. The summed E-state index contributed by atoms with van der Waals surface area (Å²) in [6.45, 7) is 4.74. The number of hydrogen-bond acceptors (Lipinski definition) is 4. The number of hydrogen-bond donors (Lipinski definition) is 1. The third kappa shape index (κ3) is 5.89. The fourth-order valence-corrected chi connectivity index (χ4v) is 5.15. The number of nitrogens with one attached hydrogen (secondary N) is 1. The molecule has 0 aliphatic rings. The number of aryl methyl sites for hydroxylation is 2. The minimum absolute atomic E-state index is 0.0704. The highest BCUT2D eigenvalue weighted by Crippen LogP contribution is 2.35. The number of benzene rings is 3. The van der Waals surface area contributed by atoms with Crippen molar-refractivity contribution in [2.45, 2.75) is 38.4 Å². The number of nitrogens with zero attached hydrogens (tertiary/aromatic N) is 3. The van der Waals surface area contributed by atoms with Crippen LogP contribution in [-0.2, 0) is 24.2 Å². The molecule has 180 valence electrons. The van der Waals surface area contributed by atoms with Gasteiger partial charge in [-0.1, -0.05) is 97.3 Å². The molecular formula is C27H26Cl2N4OS. The van der Waals surface area contributed by atoms with Gasteiger partial charge >= 0.3 is 0 Å². The van der Waals surface area contributed by atoms with Gasteiger partial charge < -0.3 is 5.32 Å². The van der Waals surface area contributed by atoms with Crippen LogP contribution in [0.3, 0.4) is 0 Å². The molecule has 4 aromatic rings. The van der Waals surface area contributed by atoms with E-state index in [1.165, 1.54) is 22.9 Å². The van der Waals surface area contributed by atoms with Gasteiger partial charge in [-0.25, -0.2) is 0 Å². The molecule has 0 saturated heterocycles. The van der Waals surface area contributed by atoms with E-state index in [-0.39, 0.29) is 11.7 Å². The molecule has 0 aliphatic heterocycles. The van der Waals surface area contributed by atoms with Crippen LogP contribution in [0.5, 0.6) is 0 Å². The van der Waals surface area contributed by atoms with Crippen molar-refractivity contribution in [3.8, 4) is 17.1 Å². The van der Waals surface area contributed by atoms with Gasteiger partial charge in [0.15, 0.2) is 11.0 Å². The molecule has 0 radical (unpaired) electrons. The largest absolute Gasteiger partial charge is 0.351 e. The topological polar surface area (TPSA) is 59.8 Å². The first-order valence-electron chi connectivity index (χ1n) is 11.5. The summed E-state index contributed by atoms with van der Waals surface area (Å²) < 4.78 is 2.03. The first-order chi connectivity index (χ1) is 17.0. The van der Waals surface area contributed by atoms with Gasteiger partial charge in [0.05, 0.1) is 16.5 Å². The van der Waals surface area contributed by atoms with Crippen LogP contribution in [0.2, 0.25) is 10.0 Å². The van der Waals surface area contributed by atoms with Gasteiger partial charge in [-0.05, 0) is 47.7 Å². The van der Waals surface area contributed by atoms with Gasteiger partial charge in [0, 0.05) is 17.1 Å². The first kappa shape index (κ1) is 25.3. The molecule has 0 aliphatic carbocycles. The second-order valence-electron chi connectivity index (χ2n) is 7.95. The number of thioether (sulfide) groups is 1. The number of rotatable bonds is 9. The second kappa shape index (κ2) is 11.8. The van der Waals surface area contributed by atoms with Crippen molar-refractivity contribution in [1.82, 2.24) is 20.1 Å². The minimum Gasteiger partial charge on any atom is -0.351 e. The molecular weight excluding hydrogens is 499 g/mol. The maximum Gasteiger partial charge on any atom is 0.230 e. The Morgan fingerprint density at radius 2 is 1.66 bits per heavy atom. The average molecular weight is 526 g/mol. The van der Waals surface area contributed by atoms with Gasteiger partial charge in [0.25, 0.3) is 0 Å².